The van der Waals surface area contributed by atoms with E-state index in [2.05, 4.69) is 28.2 Å². The molecule has 80 valence electrons. The summed E-state index contributed by atoms with van der Waals surface area (Å²) >= 11 is 0. The summed E-state index contributed by atoms with van der Waals surface area (Å²) in [6.07, 6.45) is 1.59. The van der Waals surface area contributed by atoms with Crippen molar-refractivity contribution in [1.29, 1.82) is 0 Å². The average Bonchev–Trinajstić information content (AvgIpc) is 2.74. The summed E-state index contributed by atoms with van der Waals surface area (Å²) in [5.41, 5.74) is 2.19. The van der Waals surface area contributed by atoms with Crippen LogP contribution >= 0.6 is 0 Å². The van der Waals surface area contributed by atoms with E-state index in [1.54, 1.807) is 6.33 Å². The number of aromatic nitrogens is 5. The third-order valence-corrected chi connectivity index (χ3v) is 2.39. The Morgan fingerprint density at radius 2 is 2.07 bits per heavy atom. The normalized spacial score (nSPS) is 10.9. The van der Waals surface area contributed by atoms with Crippen LogP contribution < -0.4 is 0 Å². The molecule has 0 amide bonds. The van der Waals surface area contributed by atoms with Crippen LogP contribution in [0.4, 0.5) is 0 Å². The Hall–Kier alpha value is -1.65. The lowest BCUT2D eigenvalue weighted by molar-refractivity contribution is 0.559. The fourth-order valence-corrected chi connectivity index (χ4v) is 1.64. The van der Waals surface area contributed by atoms with Gasteiger partial charge in [0.1, 0.15) is 18.7 Å². The van der Waals surface area contributed by atoms with E-state index in [9.17, 15) is 0 Å². The first-order chi connectivity index (χ1) is 7.20. The third-order valence-electron chi connectivity index (χ3n) is 2.39. The lowest BCUT2D eigenvalue weighted by Crippen LogP contribution is -2.11. The van der Waals surface area contributed by atoms with Crippen molar-refractivity contribution in [3.63, 3.8) is 0 Å². The topological polar surface area (TPSA) is 48.5 Å². The van der Waals surface area contributed by atoms with E-state index in [0.717, 1.165) is 23.8 Å². The Labute approximate surface area is 88.7 Å². The number of nitrogens with zero attached hydrogens (tertiary/aromatic N) is 5. The minimum Gasteiger partial charge on any atom is -0.262 e. The zero-order valence-electron chi connectivity index (χ0n) is 9.30. The Kier molecular flexibility index (Phi) is 2.53. The molecular formula is C10H15N5. The van der Waals surface area contributed by atoms with E-state index in [1.807, 2.05) is 23.2 Å². The molecule has 5 heteroatoms. The molecule has 2 rings (SSSR count). The molecular weight excluding hydrogens is 190 g/mol. The first-order valence-electron chi connectivity index (χ1n) is 5.08. The van der Waals surface area contributed by atoms with Gasteiger partial charge in [0, 0.05) is 12.2 Å². The summed E-state index contributed by atoms with van der Waals surface area (Å²) in [7, 11) is 0. The van der Waals surface area contributed by atoms with E-state index >= 15 is 0 Å². The van der Waals surface area contributed by atoms with Crippen molar-refractivity contribution < 1.29 is 0 Å². The Morgan fingerprint density at radius 3 is 2.67 bits per heavy atom. The van der Waals surface area contributed by atoms with Crippen LogP contribution in [0.3, 0.4) is 0 Å². The highest BCUT2D eigenvalue weighted by atomic mass is 15.4. The maximum absolute atomic E-state index is 4.40. The van der Waals surface area contributed by atoms with E-state index in [1.165, 1.54) is 0 Å². The first kappa shape index (κ1) is 9.89. The maximum atomic E-state index is 4.40. The zero-order valence-corrected chi connectivity index (χ0v) is 9.30. The molecule has 0 saturated carbocycles. The van der Waals surface area contributed by atoms with Crippen molar-refractivity contribution in [3.8, 4) is 0 Å². The second-order valence-electron chi connectivity index (χ2n) is 3.58. The molecule has 5 nitrogen and oxygen atoms in total. The van der Waals surface area contributed by atoms with Gasteiger partial charge in [-0.3, -0.25) is 4.68 Å². The molecule has 2 heterocycles. The van der Waals surface area contributed by atoms with Gasteiger partial charge in [0.05, 0.1) is 5.69 Å². The minimum atomic E-state index is 0.688. The molecule has 0 atom stereocenters. The fourth-order valence-electron chi connectivity index (χ4n) is 1.64. The van der Waals surface area contributed by atoms with Crippen LogP contribution in [-0.2, 0) is 13.1 Å². The molecule has 0 aliphatic rings. The van der Waals surface area contributed by atoms with Crippen molar-refractivity contribution >= 4 is 0 Å². The molecule has 0 fully saturated rings. The molecule has 0 bridgehead atoms. The van der Waals surface area contributed by atoms with Crippen molar-refractivity contribution in [1.82, 2.24) is 24.5 Å². The van der Waals surface area contributed by atoms with Gasteiger partial charge < -0.3 is 0 Å². The molecule has 0 spiro atoms. The molecule has 0 aliphatic heterocycles. The van der Waals surface area contributed by atoms with E-state index in [-0.39, 0.29) is 0 Å². The van der Waals surface area contributed by atoms with Gasteiger partial charge in [-0.2, -0.15) is 10.2 Å². The third kappa shape index (κ3) is 1.91. The molecule has 0 unspecified atom stereocenters. The van der Waals surface area contributed by atoms with E-state index in [0.29, 0.717) is 6.54 Å². The molecule has 2 aromatic rings. The summed E-state index contributed by atoms with van der Waals surface area (Å²) in [4.78, 5) is 4.22. The van der Waals surface area contributed by atoms with E-state index in [4.69, 9.17) is 0 Å². The molecule has 0 saturated heterocycles. The molecule has 15 heavy (non-hydrogen) atoms. The molecule has 0 aliphatic carbocycles. The quantitative estimate of drug-likeness (QED) is 0.755. The summed E-state index contributed by atoms with van der Waals surface area (Å²) in [6.45, 7) is 7.63. The summed E-state index contributed by atoms with van der Waals surface area (Å²) < 4.78 is 3.84. The van der Waals surface area contributed by atoms with Crippen LogP contribution in [-0.4, -0.2) is 24.5 Å². The zero-order chi connectivity index (χ0) is 10.8. The van der Waals surface area contributed by atoms with Gasteiger partial charge in [-0.05, 0) is 26.8 Å². The van der Waals surface area contributed by atoms with Crippen LogP contribution in [0.5, 0.6) is 0 Å². The summed E-state index contributed by atoms with van der Waals surface area (Å²) in [5, 5.41) is 8.53. The van der Waals surface area contributed by atoms with Gasteiger partial charge in [-0.25, -0.2) is 9.67 Å². The second-order valence-corrected chi connectivity index (χ2v) is 3.58. The summed E-state index contributed by atoms with van der Waals surface area (Å²) in [6, 6.07) is 2.06. The predicted octanol–water partition coefficient (Wildman–Crippen LogP) is 1.16. The van der Waals surface area contributed by atoms with Gasteiger partial charge in [0.25, 0.3) is 0 Å². The van der Waals surface area contributed by atoms with Crippen LogP contribution in [0.2, 0.25) is 0 Å². The highest BCUT2D eigenvalue weighted by Crippen LogP contribution is 2.04. The van der Waals surface area contributed by atoms with Gasteiger partial charge in [0.2, 0.25) is 0 Å². The van der Waals surface area contributed by atoms with E-state index < -0.39 is 0 Å². The fraction of sp³-hybridized carbons (Fsp3) is 0.500. The smallest absolute Gasteiger partial charge is 0.148 e. The van der Waals surface area contributed by atoms with Crippen LogP contribution in [0, 0.1) is 13.8 Å². The van der Waals surface area contributed by atoms with Gasteiger partial charge >= 0.3 is 0 Å². The highest BCUT2D eigenvalue weighted by molar-refractivity contribution is 5.07. The standard InChI is InChI=1S/C10H15N5/c1-4-14-10(11-7-12-14)6-15-9(3)5-8(2)13-15/h5,7H,4,6H2,1-3H3. The SMILES string of the molecule is CCn1ncnc1Cn1nc(C)cc1C. The summed E-state index contributed by atoms with van der Waals surface area (Å²) in [5.74, 6) is 0.948. The molecule has 0 aromatic carbocycles. The number of hydrogen-bond acceptors (Lipinski definition) is 3. The highest BCUT2D eigenvalue weighted by Gasteiger charge is 2.06. The first-order valence-corrected chi connectivity index (χ1v) is 5.08. The second kappa shape index (κ2) is 3.84. The van der Waals surface area contributed by atoms with Crippen molar-refractivity contribution in [3.05, 3.63) is 29.6 Å². The molecule has 0 radical (unpaired) electrons. The lowest BCUT2D eigenvalue weighted by atomic mass is 10.4. The van der Waals surface area contributed by atoms with Crippen LogP contribution in [0.1, 0.15) is 24.1 Å². The molecule has 2 aromatic heterocycles. The number of hydrogen-bond donors (Lipinski definition) is 0. The molecule has 0 N–H and O–H groups in total. The van der Waals surface area contributed by atoms with Crippen molar-refractivity contribution in [2.45, 2.75) is 33.9 Å². The Balaban J connectivity index is 2.25. The maximum Gasteiger partial charge on any atom is 0.148 e. The number of aryl methyl sites for hydroxylation is 3. The van der Waals surface area contributed by atoms with Crippen molar-refractivity contribution in [2.75, 3.05) is 0 Å². The lowest BCUT2D eigenvalue weighted by Gasteiger charge is -2.04. The van der Waals surface area contributed by atoms with Gasteiger partial charge in [0.15, 0.2) is 0 Å². The van der Waals surface area contributed by atoms with Crippen molar-refractivity contribution in [2.24, 2.45) is 0 Å². The largest absolute Gasteiger partial charge is 0.262 e. The van der Waals surface area contributed by atoms with Crippen LogP contribution in [0.15, 0.2) is 12.4 Å². The average molecular weight is 205 g/mol. The monoisotopic (exact) mass is 205 g/mol. The van der Waals surface area contributed by atoms with Gasteiger partial charge in [-0.1, -0.05) is 0 Å². The van der Waals surface area contributed by atoms with Gasteiger partial charge in [-0.15, -0.1) is 0 Å². The van der Waals surface area contributed by atoms with Crippen LogP contribution in [0.25, 0.3) is 0 Å². The minimum absolute atomic E-state index is 0.688. The Bertz CT molecular complexity index is 454. The predicted molar refractivity (Wildman–Crippen MR) is 56.5 cm³/mol. The Morgan fingerprint density at radius 1 is 1.27 bits per heavy atom. The number of rotatable bonds is 3.